The number of rotatable bonds is 5. The van der Waals surface area contributed by atoms with Crippen LogP contribution in [0.4, 0.5) is 0 Å². The molecule has 10 heavy (non-hydrogen) atoms. The molecule has 58 valence electrons. The second kappa shape index (κ2) is 5.80. The van der Waals surface area contributed by atoms with Crippen molar-refractivity contribution in [2.75, 3.05) is 6.61 Å². The van der Waals surface area contributed by atoms with E-state index in [0.29, 0.717) is 0 Å². The van der Waals surface area contributed by atoms with Crippen LogP contribution in [-0.4, -0.2) is 11.5 Å². The summed E-state index contributed by atoms with van der Waals surface area (Å²) in [7, 11) is -5.53. The van der Waals surface area contributed by atoms with E-state index in [1.807, 2.05) is 0 Å². The average Bonchev–Trinajstić information content (AvgIpc) is 1.82. The van der Waals surface area contributed by atoms with E-state index in [1.54, 1.807) is 6.92 Å². The molecule has 1 N–H and O–H groups in total. The van der Waals surface area contributed by atoms with Crippen molar-refractivity contribution in [2.24, 2.45) is 0 Å². The molecule has 0 bridgehead atoms. The number of hydrogen-bond acceptors (Lipinski definition) is 5. The van der Waals surface area contributed by atoms with Crippen LogP contribution in [0.25, 0.3) is 0 Å². The molecule has 2 atom stereocenters. The molecule has 0 aliphatic rings. The predicted molar refractivity (Wildman–Crippen MR) is 31.2 cm³/mol. The molecule has 0 aromatic rings. The molecule has 0 rings (SSSR count). The van der Waals surface area contributed by atoms with E-state index in [2.05, 4.69) is 13.9 Å². The summed E-state index contributed by atoms with van der Waals surface area (Å²) in [5.41, 5.74) is 0. The Bertz CT molecular complexity index is 134. The van der Waals surface area contributed by atoms with Gasteiger partial charge in [0.1, 0.15) is 0 Å². The summed E-state index contributed by atoms with van der Waals surface area (Å²) >= 11 is 0. The Balaban J connectivity index is 3.35. The normalized spacial score (nSPS) is 13.0. The fourth-order valence-corrected chi connectivity index (χ4v) is 0.923. The van der Waals surface area contributed by atoms with Crippen molar-refractivity contribution in [3.05, 3.63) is 0 Å². The fourth-order valence-electron chi connectivity index (χ4n) is 0.166. The van der Waals surface area contributed by atoms with Gasteiger partial charge in [-0.2, -0.15) is 4.89 Å². The molecule has 0 aromatic heterocycles. The molecule has 0 amide bonds. The lowest BCUT2D eigenvalue weighted by molar-refractivity contribution is -0.202. The molecule has 0 fully saturated rings. The summed E-state index contributed by atoms with van der Waals surface area (Å²) in [5, 5.41) is 0. The Labute approximate surface area is 58.9 Å². The van der Waals surface area contributed by atoms with Gasteiger partial charge in [0, 0.05) is 9.13 Å². The smallest absolute Gasteiger partial charge is 0.187 e. The molecule has 0 spiro atoms. The van der Waals surface area contributed by atoms with Crippen LogP contribution in [0.1, 0.15) is 6.92 Å². The molecule has 2 unspecified atom stereocenters. The first-order valence-corrected chi connectivity index (χ1v) is 4.50. The Morgan fingerprint density at radius 3 is 2.50 bits per heavy atom. The van der Waals surface area contributed by atoms with Gasteiger partial charge >= 0.3 is 16.5 Å². The Hall–Kier alpha value is 0.0400. The first-order chi connectivity index (χ1) is 4.66. The maximum absolute atomic E-state index is 10.2. The summed E-state index contributed by atoms with van der Waals surface area (Å²) in [6.07, 6.45) is 0. The lowest BCUT2D eigenvalue weighted by Gasteiger charge is -1.79. The Morgan fingerprint density at radius 1 is 1.50 bits per heavy atom. The van der Waals surface area contributed by atoms with Crippen molar-refractivity contribution >= 4 is 16.5 Å². The third kappa shape index (κ3) is 6.16. The van der Waals surface area contributed by atoms with E-state index in [9.17, 15) is 9.13 Å². The van der Waals surface area contributed by atoms with Crippen LogP contribution in [0.15, 0.2) is 0 Å². The predicted octanol–water partition coefficient (Wildman–Crippen LogP) is 1.28. The zero-order valence-electron chi connectivity index (χ0n) is 5.09. The van der Waals surface area contributed by atoms with Gasteiger partial charge in [-0.3, -0.25) is 0 Å². The second-order valence-corrected chi connectivity index (χ2v) is 2.75. The topological polar surface area (TPSA) is 82.1 Å². The van der Waals surface area contributed by atoms with Crippen molar-refractivity contribution in [3.63, 3.8) is 0 Å². The summed E-state index contributed by atoms with van der Waals surface area (Å²) in [5.74, 6) is 0. The minimum atomic E-state index is -2.90. The van der Waals surface area contributed by atoms with Gasteiger partial charge in [-0.1, -0.05) is 0 Å². The van der Waals surface area contributed by atoms with Crippen LogP contribution >= 0.6 is 16.5 Å². The summed E-state index contributed by atoms with van der Waals surface area (Å²) in [6, 6.07) is 0. The molecule has 0 saturated carbocycles. The second-order valence-electron chi connectivity index (χ2n) is 1.02. The van der Waals surface area contributed by atoms with Crippen LogP contribution in [-0.2, 0) is 23.0 Å². The van der Waals surface area contributed by atoms with Crippen molar-refractivity contribution in [1.29, 1.82) is 0 Å². The standard InChI is InChI=1S/C2H5O6P2/c1-2-6-7-10(5)8-9(3)4/h2H2,1H3/q+1/p+1. The molecule has 0 radical (unpaired) electrons. The highest BCUT2D eigenvalue weighted by Crippen LogP contribution is 2.35. The first-order valence-electron chi connectivity index (χ1n) is 2.28. The van der Waals surface area contributed by atoms with Crippen LogP contribution in [0, 0.1) is 0 Å². The quantitative estimate of drug-likeness (QED) is 0.397. The van der Waals surface area contributed by atoms with Gasteiger partial charge in [-0.25, -0.2) is 0 Å². The molecule has 0 aliphatic carbocycles. The van der Waals surface area contributed by atoms with Gasteiger partial charge in [0.25, 0.3) is 0 Å². The molecular weight excluding hydrogens is 182 g/mol. The largest absolute Gasteiger partial charge is 0.778 e. The first kappa shape index (κ1) is 10.0. The third-order valence-corrected chi connectivity index (χ3v) is 1.69. The highest BCUT2D eigenvalue weighted by molar-refractivity contribution is 7.46. The van der Waals surface area contributed by atoms with Gasteiger partial charge in [0.05, 0.1) is 11.3 Å². The Morgan fingerprint density at radius 2 is 2.10 bits per heavy atom. The van der Waals surface area contributed by atoms with Crippen molar-refractivity contribution < 1.29 is 27.9 Å². The van der Waals surface area contributed by atoms with Crippen LogP contribution in [0.2, 0.25) is 0 Å². The summed E-state index contributed by atoms with van der Waals surface area (Å²) < 4.78 is 27.8. The van der Waals surface area contributed by atoms with E-state index in [-0.39, 0.29) is 6.61 Å². The lowest BCUT2D eigenvalue weighted by Crippen LogP contribution is -1.84. The summed E-state index contributed by atoms with van der Waals surface area (Å²) in [4.78, 5) is 12.1. The molecular formula is C2H6O6P2+2. The van der Waals surface area contributed by atoms with E-state index in [4.69, 9.17) is 4.89 Å². The molecule has 0 heterocycles. The van der Waals surface area contributed by atoms with E-state index in [0.717, 1.165) is 0 Å². The molecule has 0 aromatic carbocycles. The molecule has 8 heteroatoms. The third-order valence-electron chi connectivity index (χ3n) is 0.368. The van der Waals surface area contributed by atoms with E-state index < -0.39 is 16.5 Å². The van der Waals surface area contributed by atoms with Gasteiger partial charge in [0.15, 0.2) is 4.31 Å². The SMILES string of the molecule is CCOO[P+](=O)O[P+](=O)O. The van der Waals surface area contributed by atoms with Crippen molar-refractivity contribution in [1.82, 2.24) is 0 Å². The van der Waals surface area contributed by atoms with Crippen LogP contribution in [0.3, 0.4) is 0 Å². The number of hydrogen-bond donors (Lipinski definition) is 1. The van der Waals surface area contributed by atoms with Crippen molar-refractivity contribution in [2.45, 2.75) is 6.92 Å². The van der Waals surface area contributed by atoms with Gasteiger partial charge in [-0.15, -0.1) is 4.89 Å². The minimum Gasteiger partial charge on any atom is -0.187 e. The van der Waals surface area contributed by atoms with Gasteiger partial charge in [0.2, 0.25) is 0 Å². The average molecular weight is 188 g/mol. The van der Waals surface area contributed by atoms with E-state index >= 15 is 0 Å². The zero-order chi connectivity index (χ0) is 7.98. The van der Waals surface area contributed by atoms with Crippen molar-refractivity contribution in [3.8, 4) is 0 Å². The Kier molecular flexibility index (Phi) is 5.82. The highest BCUT2D eigenvalue weighted by Gasteiger charge is 2.37. The maximum Gasteiger partial charge on any atom is 0.778 e. The fraction of sp³-hybridized carbons (Fsp3) is 1.00. The van der Waals surface area contributed by atoms with Crippen LogP contribution in [0.5, 0.6) is 0 Å². The monoisotopic (exact) mass is 188 g/mol. The minimum absolute atomic E-state index is 0.187. The molecule has 0 aliphatic heterocycles. The van der Waals surface area contributed by atoms with Gasteiger partial charge < -0.3 is 0 Å². The van der Waals surface area contributed by atoms with E-state index in [1.165, 1.54) is 0 Å². The van der Waals surface area contributed by atoms with Gasteiger partial charge in [-0.05, 0) is 6.92 Å². The molecule has 6 nitrogen and oxygen atoms in total. The van der Waals surface area contributed by atoms with Crippen LogP contribution < -0.4 is 0 Å². The molecule has 0 saturated heterocycles. The highest BCUT2D eigenvalue weighted by atomic mass is 31.2. The zero-order valence-corrected chi connectivity index (χ0v) is 6.88. The maximum atomic E-state index is 10.2. The summed E-state index contributed by atoms with van der Waals surface area (Å²) in [6.45, 7) is 1.79. The lowest BCUT2D eigenvalue weighted by atomic mass is 10.9.